The first kappa shape index (κ1) is 19.4. The summed E-state index contributed by atoms with van der Waals surface area (Å²) in [7, 11) is 0. The van der Waals surface area contributed by atoms with Gasteiger partial charge in [0, 0.05) is 0 Å². The molecule has 0 aromatic carbocycles. The summed E-state index contributed by atoms with van der Waals surface area (Å²) < 4.78 is 20.0. The first-order valence-electron chi connectivity index (χ1n) is 8.42. The monoisotopic (exact) mass is 465 g/mol. The summed E-state index contributed by atoms with van der Waals surface area (Å²) in [6.45, 7) is 6.73. The molecule has 120 valence electrons. The summed E-state index contributed by atoms with van der Waals surface area (Å²) in [5.74, 6) is -0.191. The van der Waals surface area contributed by atoms with Gasteiger partial charge in [0.05, 0.1) is 0 Å². The quantitative estimate of drug-likeness (QED) is 0.304. The van der Waals surface area contributed by atoms with Crippen molar-refractivity contribution in [3.8, 4) is 0 Å². The number of hydrogen-bond donors (Lipinski definition) is 0. The third-order valence-corrected chi connectivity index (χ3v) is 20.4. The third-order valence-electron chi connectivity index (χ3n) is 4.41. The first-order valence-corrected chi connectivity index (χ1v) is 16.7. The molecule has 0 aliphatic heterocycles. The average Bonchev–Trinajstić information content (AvgIpc) is 2.47. The number of hydrogen-bond acceptors (Lipinski definition) is 1. The van der Waals surface area contributed by atoms with Crippen LogP contribution in [0.25, 0.3) is 0 Å². The molecule has 0 spiro atoms. The van der Waals surface area contributed by atoms with Gasteiger partial charge >= 0.3 is 143 Å². The van der Waals surface area contributed by atoms with Crippen molar-refractivity contribution in [3.63, 3.8) is 0 Å². The topological polar surface area (TPSA) is 12.9 Å². The zero-order valence-electron chi connectivity index (χ0n) is 13.7. The van der Waals surface area contributed by atoms with E-state index >= 15 is 0 Å². The second-order valence-corrected chi connectivity index (χ2v) is 20.0. The second-order valence-electron chi connectivity index (χ2n) is 6.06. The summed E-state index contributed by atoms with van der Waals surface area (Å²) in [6.07, 6.45) is 7.38. The van der Waals surface area contributed by atoms with E-state index in [0.717, 1.165) is 3.58 Å². The summed E-state index contributed by atoms with van der Waals surface area (Å²) in [5, 5.41) is 0. The van der Waals surface area contributed by atoms with E-state index in [2.05, 4.69) is 41.7 Å². The molecule has 0 unspecified atom stereocenters. The molecule has 0 amide bonds. The fourth-order valence-electron chi connectivity index (χ4n) is 3.13. The van der Waals surface area contributed by atoms with Crippen molar-refractivity contribution in [2.45, 2.75) is 72.6 Å². The van der Waals surface area contributed by atoms with Gasteiger partial charge in [-0.15, -0.1) is 0 Å². The van der Waals surface area contributed by atoms with Crippen LogP contribution < -0.4 is 3.58 Å². The maximum atomic E-state index is 14.5. The number of halogens is 2. The fraction of sp³-hybridized carbons (Fsp3) is 0.706. The molecule has 1 aromatic heterocycles. The van der Waals surface area contributed by atoms with Gasteiger partial charge in [-0.05, 0) is 0 Å². The molecule has 0 aliphatic carbocycles. The molecule has 0 N–H and O–H groups in total. The Balaban J connectivity index is 3.15. The average molecular weight is 465 g/mol. The summed E-state index contributed by atoms with van der Waals surface area (Å²) in [6, 6.07) is 3.98. The van der Waals surface area contributed by atoms with Gasteiger partial charge in [0.2, 0.25) is 0 Å². The molecule has 1 nitrogen and oxygen atoms in total. The van der Waals surface area contributed by atoms with Crippen LogP contribution in [0, 0.1) is 5.95 Å². The second kappa shape index (κ2) is 10.2. The molecule has 21 heavy (non-hydrogen) atoms. The molecule has 1 rings (SSSR count). The van der Waals surface area contributed by atoms with Crippen molar-refractivity contribution in [1.82, 2.24) is 4.98 Å². The molecule has 0 bridgehead atoms. The Labute approximate surface area is 142 Å². The van der Waals surface area contributed by atoms with Crippen molar-refractivity contribution in [2.24, 2.45) is 0 Å². The van der Waals surface area contributed by atoms with E-state index in [0.29, 0.717) is 4.60 Å². The summed E-state index contributed by atoms with van der Waals surface area (Å²) in [4.78, 5) is 4.07. The van der Waals surface area contributed by atoms with Crippen molar-refractivity contribution < 1.29 is 4.39 Å². The maximum absolute atomic E-state index is 14.5. The van der Waals surface area contributed by atoms with Crippen LogP contribution in [0.2, 0.25) is 13.3 Å². The van der Waals surface area contributed by atoms with Gasteiger partial charge in [0.15, 0.2) is 0 Å². The zero-order valence-corrected chi connectivity index (χ0v) is 18.2. The van der Waals surface area contributed by atoms with Gasteiger partial charge in [-0.1, -0.05) is 0 Å². The molecule has 4 heteroatoms. The van der Waals surface area contributed by atoms with E-state index in [9.17, 15) is 4.39 Å². The van der Waals surface area contributed by atoms with Crippen molar-refractivity contribution in [1.29, 1.82) is 0 Å². The minimum absolute atomic E-state index is 0.191. The number of unbranched alkanes of at least 4 members (excludes halogenated alkanes) is 3. The van der Waals surface area contributed by atoms with Crippen molar-refractivity contribution in [2.75, 3.05) is 0 Å². The fourth-order valence-corrected chi connectivity index (χ4v) is 19.3. The Morgan fingerprint density at radius 2 is 1.43 bits per heavy atom. The van der Waals surface area contributed by atoms with Gasteiger partial charge in [0.25, 0.3) is 0 Å². The van der Waals surface area contributed by atoms with Crippen LogP contribution in [0.15, 0.2) is 16.7 Å². The molecule has 0 saturated carbocycles. The number of aromatic nitrogens is 1. The third kappa shape index (κ3) is 5.81. The van der Waals surface area contributed by atoms with Crippen molar-refractivity contribution in [3.05, 3.63) is 22.7 Å². The SMILES string of the molecule is CCC[CH2][Sn]([CH2]CCC)([CH2]CCC)[c]1ccc(Br)nc1F. The number of rotatable bonds is 10. The Bertz CT molecular complexity index is 403. The number of pyridine rings is 1. The van der Waals surface area contributed by atoms with Crippen molar-refractivity contribution >= 4 is 37.9 Å². The molecular weight excluding hydrogens is 436 g/mol. The molecule has 1 heterocycles. The van der Waals surface area contributed by atoms with E-state index < -0.39 is 18.4 Å². The molecule has 0 saturated heterocycles. The molecule has 0 atom stereocenters. The van der Waals surface area contributed by atoms with E-state index in [1.165, 1.54) is 51.8 Å². The van der Waals surface area contributed by atoms with Gasteiger partial charge in [-0.25, -0.2) is 0 Å². The van der Waals surface area contributed by atoms with Gasteiger partial charge in [-0.2, -0.15) is 0 Å². The standard InChI is InChI=1S/C5H2BrFN.3C4H9.Sn/c6-4-2-1-3-5(7)8-4;3*1-3-4-2;/h1-2H;3*1,3-4H2,2H3;. The normalized spacial score (nSPS) is 11.9. The predicted octanol–water partition coefficient (Wildman–Crippen LogP) is 6.04. The molecule has 1 aromatic rings. The van der Waals surface area contributed by atoms with Crippen LogP contribution in [0.5, 0.6) is 0 Å². The molecule has 0 fully saturated rings. The molecular formula is C17H29BrFNSn. The Morgan fingerprint density at radius 3 is 1.81 bits per heavy atom. The predicted molar refractivity (Wildman–Crippen MR) is 96.4 cm³/mol. The van der Waals surface area contributed by atoms with E-state index in [-0.39, 0.29) is 5.95 Å². The Morgan fingerprint density at radius 1 is 0.952 bits per heavy atom. The van der Waals surface area contributed by atoms with Crippen LogP contribution >= 0.6 is 15.9 Å². The van der Waals surface area contributed by atoms with E-state index in [4.69, 9.17) is 0 Å². The number of nitrogens with zero attached hydrogens (tertiary/aromatic N) is 1. The van der Waals surface area contributed by atoms with Crippen LogP contribution in [0.4, 0.5) is 4.39 Å². The minimum atomic E-state index is -2.65. The van der Waals surface area contributed by atoms with Gasteiger partial charge < -0.3 is 0 Å². The van der Waals surface area contributed by atoms with Gasteiger partial charge in [-0.3, -0.25) is 0 Å². The van der Waals surface area contributed by atoms with E-state index in [1.54, 1.807) is 0 Å². The summed E-state index contributed by atoms with van der Waals surface area (Å²) >= 11 is 0.646. The van der Waals surface area contributed by atoms with Crippen LogP contribution in [0.3, 0.4) is 0 Å². The van der Waals surface area contributed by atoms with E-state index in [1.807, 2.05) is 12.1 Å². The zero-order chi connectivity index (χ0) is 15.7. The molecule has 0 aliphatic rings. The van der Waals surface area contributed by atoms with Crippen LogP contribution in [0.1, 0.15) is 59.3 Å². The Kier molecular flexibility index (Phi) is 9.42. The summed E-state index contributed by atoms with van der Waals surface area (Å²) in [5.41, 5.74) is 0. The molecule has 0 radical (unpaired) electrons. The van der Waals surface area contributed by atoms with Crippen LogP contribution in [-0.2, 0) is 0 Å². The van der Waals surface area contributed by atoms with Crippen LogP contribution in [-0.4, -0.2) is 23.4 Å². The van der Waals surface area contributed by atoms with Gasteiger partial charge in [0.1, 0.15) is 0 Å². The first-order chi connectivity index (χ1) is 10.1. The Hall–Kier alpha value is 0.359.